The molecule has 0 saturated carbocycles. The van der Waals surface area contributed by atoms with Crippen molar-refractivity contribution in [2.75, 3.05) is 0 Å². The van der Waals surface area contributed by atoms with Crippen LogP contribution in [0.2, 0.25) is 15.3 Å². The monoisotopic (exact) mass is 334 g/mol. The largest absolute Gasteiger partial charge is 0.225 e. The van der Waals surface area contributed by atoms with E-state index >= 15 is 0 Å². The summed E-state index contributed by atoms with van der Waals surface area (Å²) in [7, 11) is 0. The fraction of sp³-hybridized carbons (Fsp3) is 0. The number of hydrogen-bond acceptors (Lipinski definition) is 2. The Bertz CT molecular complexity index is 789. The van der Waals surface area contributed by atoms with Gasteiger partial charge in [-0.3, -0.25) is 0 Å². The van der Waals surface area contributed by atoms with Crippen molar-refractivity contribution >= 4 is 34.8 Å². The minimum Gasteiger partial charge on any atom is -0.225 e. The highest BCUT2D eigenvalue weighted by atomic mass is 35.5. The highest BCUT2D eigenvalue weighted by Gasteiger charge is 2.12. The number of benzene rings is 2. The van der Waals surface area contributed by atoms with E-state index in [1.807, 2.05) is 48.5 Å². The molecule has 0 saturated heterocycles. The Kier molecular flexibility index (Phi) is 4.11. The van der Waals surface area contributed by atoms with Gasteiger partial charge in [-0.25, -0.2) is 9.97 Å². The van der Waals surface area contributed by atoms with Gasteiger partial charge in [-0.2, -0.15) is 0 Å². The van der Waals surface area contributed by atoms with Crippen molar-refractivity contribution in [3.05, 3.63) is 70.1 Å². The van der Waals surface area contributed by atoms with Crippen molar-refractivity contribution in [2.45, 2.75) is 0 Å². The molecule has 1 aromatic heterocycles. The molecule has 0 atom stereocenters. The predicted octanol–water partition coefficient (Wildman–Crippen LogP) is 5.77. The fourth-order valence-electron chi connectivity index (χ4n) is 2.05. The van der Waals surface area contributed by atoms with Crippen LogP contribution in [0, 0.1) is 0 Å². The number of nitrogens with zero attached hydrogens (tertiary/aromatic N) is 2. The van der Waals surface area contributed by atoms with Crippen molar-refractivity contribution in [3.8, 4) is 22.4 Å². The average Bonchev–Trinajstić information content (AvgIpc) is 2.51. The van der Waals surface area contributed by atoms with Gasteiger partial charge in [-0.1, -0.05) is 59.6 Å². The van der Waals surface area contributed by atoms with Crippen LogP contribution in [0.15, 0.2) is 54.7 Å². The van der Waals surface area contributed by atoms with E-state index < -0.39 is 0 Å². The Labute approximate surface area is 137 Å². The average molecular weight is 336 g/mol. The lowest BCUT2D eigenvalue weighted by atomic mass is 10.0. The van der Waals surface area contributed by atoms with Crippen molar-refractivity contribution in [1.29, 1.82) is 0 Å². The Hall–Kier alpha value is -1.61. The summed E-state index contributed by atoms with van der Waals surface area (Å²) in [5.41, 5.74) is 3.37. The molecule has 0 N–H and O–H groups in total. The Morgan fingerprint density at radius 2 is 1.52 bits per heavy atom. The first kappa shape index (κ1) is 14.3. The molecule has 0 radical (unpaired) electrons. The maximum Gasteiger partial charge on any atom is 0.222 e. The Morgan fingerprint density at radius 1 is 0.762 bits per heavy atom. The Morgan fingerprint density at radius 3 is 2.29 bits per heavy atom. The van der Waals surface area contributed by atoms with Gasteiger partial charge in [-0.15, -0.1) is 0 Å². The fourth-order valence-corrected chi connectivity index (χ4v) is 2.58. The van der Waals surface area contributed by atoms with Crippen LogP contribution >= 0.6 is 34.8 Å². The standard InChI is InChI=1S/C16H9Cl3N2/c17-13-7-6-11(10-4-2-1-3-5-10)8-12(13)15-14(18)9-20-16(19)21-15/h1-9H. The minimum absolute atomic E-state index is 0.135. The highest BCUT2D eigenvalue weighted by molar-refractivity contribution is 6.36. The summed E-state index contributed by atoms with van der Waals surface area (Å²) < 4.78 is 0. The van der Waals surface area contributed by atoms with Gasteiger partial charge in [-0.05, 0) is 34.9 Å². The SMILES string of the molecule is Clc1ncc(Cl)c(-c2cc(-c3ccccc3)ccc2Cl)n1. The lowest BCUT2D eigenvalue weighted by molar-refractivity contribution is 1.17. The van der Waals surface area contributed by atoms with Crippen molar-refractivity contribution in [2.24, 2.45) is 0 Å². The normalized spacial score (nSPS) is 10.6. The number of rotatable bonds is 2. The summed E-state index contributed by atoms with van der Waals surface area (Å²) in [6.45, 7) is 0. The van der Waals surface area contributed by atoms with Gasteiger partial charge in [0.1, 0.15) is 0 Å². The third kappa shape index (κ3) is 3.03. The molecule has 0 aliphatic heterocycles. The third-order valence-electron chi connectivity index (χ3n) is 3.04. The molecule has 0 aliphatic rings. The summed E-state index contributed by atoms with van der Waals surface area (Å²) in [6, 6.07) is 15.7. The van der Waals surface area contributed by atoms with E-state index in [9.17, 15) is 0 Å². The van der Waals surface area contributed by atoms with Crippen molar-refractivity contribution < 1.29 is 0 Å². The van der Waals surface area contributed by atoms with Crippen LogP contribution in [0.5, 0.6) is 0 Å². The zero-order valence-electron chi connectivity index (χ0n) is 10.7. The molecule has 21 heavy (non-hydrogen) atoms. The van der Waals surface area contributed by atoms with Crippen LogP contribution in [0.4, 0.5) is 0 Å². The first-order valence-electron chi connectivity index (χ1n) is 6.18. The van der Waals surface area contributed by atoms with Crippen LogP contribution in [0.1, 0.15) is 0 Å². The first-order chi connectivity index (χ1) is 10.1. The summed E-state index contributed by atoms with van der Waals surface area (Å²) in [5.74, 6) is 0. The van der Waals surface area contributed by atoms with Crippen molar-refractivity contribution in [1.82, 2.24) is 9.97 Å². The second kappa shape index (κ2) is 6.02. The highest BCUT2D eigenvalue weighted by Crippen LogP contribution is 2.35. The lowest BCUT2D eigenvalue weighted by Crippen LogP contribution is -1.90. The molecule has 0 fully saturated rings. The molecule has 0 amide bonds. The second-order valence-corrected chi connectivity index (χ2v) is 5.55. The molecular formula is C16H9Cl3N2. The van der Waals surface area contributed by atoms with Crippen molar-refractivity contribution in [3.63, 3.8) is 0 Å². The summed E-state index contributed by atoms with van der Waals surface area (Å²) in [5, 5.41) is 1.11. The maximum atomic E-state index is 6.28. The van der Waals surface area contributed by atoms with Gasteiger partial charge < -0.3 is 0 Å². The van der Waals surface area contributed by atoms with E-state index in [-0.39, 0.29) is 5.28 Å². The molecule has 5 heteroatoms. The van der Waals surface area contributed by atoms with Gasteiger partial charge in [0.2, 0.25) is 5.28 Å². The molecule has 2 nitrogen and oxygen atoms in total. The van der Waals surface area contributed by atoms with Gasteiger partial charge in [0, 0.05) is 5.56 Å². The number of halogens is 3. The molecule has 3 rings (SSSR count). The van der Waals surface area contributed by atoms with E-state index in [0.717, 1.165) is 16.7 Å². The molecule has 0 spiro atoms. The van der Waals surface area contributed by atoms with E-state index in [0.29, 0.717) is 15.7 Å². The Balaban J connectivity index is 2.17. The molecule has 0 aliphatic carbocycles. The molecule has 0 bridgehead atoms. The van der Waals surface area contributed by atoms with Crippen LogP contribution in [-0.4, -0.2) is 9.97 Å². The van der Waals surface area contributed by atoms with Gasteiger partial charge in [0.05, 0.1) is 21.9 Å². The van der Waals surface area contributed by atoms with Crippen LogP contribution in [-0.2, 0) is 0 Å². The van der Waals surface area contributed by atoms with E-state index in [1.54, 1.807) is 0 Å². The van der Waals surface area contributed by atoms with E-state index in [2.05, 4.69) is 9.97 Å². The number of aromatic nitrogens is 2. The minimum atomic E-state index is 0.135. The number of hydrogen-bond donors (Lipinski definition) is 0. The third-order valence-corrected chi connectivity index (χ3v) is 3.83. The quantitative estimate of drug-likeness (QED) is 0.555. The molecule has 1 heterocycles. The van der Waals surface area contributed by atoms with Crippen LogP contribution < -0.4 is 0 Å². The predicted molar refractivity (Wildman–Crippen MR) is 87.9 cm³/mol. The summed E-state index contributed by atoms with van der Waals surface area (Å²) in [6.07, 6.45) is 1.47. The zero-order chi connectivity index (χ0) is 14.8. The van der Waals surface area contributed by atoms with Gasteiger partial charge >= 0.3 is 0 Å². The first-order valence-corrected chi connectivity index (χ1v) is 7.32. The molecule has 0 unspecified atom stereocenters. The molecule has 104 valence electrons. The summed E-state index contributed by atoms with van der Waals surface area (Å²) >= 11 is 18.3. The van der Waals surface area contributed by atoms with Crippen LogP contribution in [0.3, 0.4) is 0 Å². The molecule has 2 aromatic carbocycles. The van der Waals surface area contributed by atoms with E-state index in [4.69, 9.17) is 34.8 Å². The zero-order valence-corrected chi connectivity index (χ0v) is 13.0. The van der Waals surface area contributed by atoms with Gasteiger partial charge in [0.25, 0.3) is 0 Å². The summed E-state index contributed by atoms with van der Waals surface area (Å²) in [4.78, 5) is 8.03. The molecular weight excluding hydrogens is 327 g/mol. The smallest absolute Gasteiger partial charge is 0.222 e. The molecule has 3 aromatic rings. The van der Waals surface area contributed by atoms with E-state index in [1.165, 1.54) is 6.20 Å². The lowest BCUT2D eigenvalue weighted by Gasteiger charge is -2.09. The second-order valence-electron chi connectivity index (χ2n) is 4.40. The topological polar surface area (TPSA) is 25.8 Å². The van der Waals surface area contributed by atoms with Crippen LogP contribution in [0.25, 0.3) is 22.4 Å². The van der Waals surface area contributed by atoms with Gasteiger partial charge in [0.15, 0.2) is 0 Å². The maximum absolute atomic E-state index is 6.28.